The number of aromatic nitrogens is 4. The molecule has 1 spiro atoms. The zero-order valence-electron chi connectivity index (χ0n) is 24.4. The van der Waals surface area contributed by atoms with E-state index in [4.69, 9.17) is 4.74 Å². The Hall–Kier alpha value is -4.47. The van der Waals surface area contributed by atoms with Crippen molar-refractivity contribution in [1.82, 2.24) is 24.9 Å². The second-order valence-electron chi connectivity index (χ2n) is 11.9. The molecule has 0 radical (unpaired) electrons. The molecule has 1 N–H and O–H groups in total. The second-order valence-corrected chi connectivity index (χ2v) is 11.9. The number of hydrogen-bond acceptors (Lipinski definition) is 8. The number of benzene rings is 1. The lowest BCUT2D eigenvalue weighted by molar-refractivity contribution is 0.0438. The lowest BCUT2D eigenvalue weighted by atomic mass is 9.60. The SMILES string of the molecule is COC(=O)c1cc(N2CC3(CC(NC(=O)c4nc5c(C)cc(N6CCC(C)C6)cn5n4)C3)C2)ccn1.c1ccccc1. The number of nitrogens with zero attached hydrogens (tertiary/aromatic N) is 6. The third kappa shape index (κ3) is 5.66. The summed E-state index contributed by atoms with van der Waals surface area (Å²) >= 11 is 0. The van der Waals surface area contributed by atoms with Crippen LogP contribution < -0.4 is 15.1 Å². The first-order valence-corrected chi connectivity index (χ1v) is 14.5. The molecular formula is C32H37N7O3. The summed E-state index contributed by atoms with van der Waals surface area (Å²) in [5.41, 5.74) is 4.35. The predicted molar refractivity (Wildman–Crippen MR) is 161 cm³/mol. The Bertz CT molecular complexity index is 1550. The number of carbonyl (C=O) groups is 2. The van der Waals surface area contributed by atoms with Crippen molar-refractivity contribution in [2.75, 3.05) is 43.1 Å². The molecule has 1 aliphatic carbocycles. The molecule has 2 saturated heterocycles. The van der Waals surface area contributed by atoms with Crippen molar-refractivity contribution in [3.05, 3.63) is 84.1 Å². The van der Waals surface area contributed by atoms with E-state index in [0.717, 1.165) is 61.6 Å². The maximum absolute atomic E-state index is 12.9. The van der Waals surface area contributed by atoms with E-state index in [1.165, 1.54) is 13.5 Å². The molecule has 1 amide bonds. The molecule has 1 atom stereocenters. The van der Waals surface area contributed by atoms with Crippen LogP contribution in [0.15, 0.2) is 67.0 Å². The third-order valence-corrected chi connectivity index (χ3v) is 8.51. The van der Waals surface area contributed by atoms with Gasteiger partial charge in [-0.05, 0) is 55.9 Å². The number of hydrogen-bond donors (Lipinski definition) is 1. The first kappa shape index (κ1) is 27.7. The topological polar surface area (TPSA) is 105 Å². The van der Waals surface area contributed by atoms with Crippen LogP contribution in [-0.2, 0) is 4.74 Å². The van der Waals surface area contributed by atoms with Gasteiger partial charge in [-0.3, -0.25) is 4.79 Å². The van der Waals surface area contributed by atoms with Gasteiger partial charge in [0.15, 0.2) is 5.65 Å². The molecule has 3 fully saturated rings. The number of pyridine rings is 2. The molecule has 1 unspecified atom stereocenters. The average Bonchev–Trinajstić information content (AvgIpc) is 3.61. The Kier molecular flexibility index (Phi) is 7.53. The maximum Gasteiger partial charge on any atom is 0.356 e. The number of methoxy groups -OCH3 is 1. The van der Waals surface area contributed by atoms with Crippen molar-refractivity contribution in [1.29, 1.82) is 0 Å². The molecule has 5 heterocycles. The lowest BCUT2D eigenvalue weighted by Gasteiger charge is -2.59. The van der Waals surface area contributed by atoms with Gasteiger partial charge < -0.3 is 19.9 Å². The van der Waals surface area contributed by atoms with Crippen molar-refractivity contribution in [2.24, 2.45) is 11.3 Å². The van der Waals surface area contributed by atoms with Crippen molar-refractivity contribution in [3.8, 4) is 0 Å². The minimum atomic E-state index is -0.434. The van der Waals surface area contributed by atoms with Crippen LogP contribution >= 0.6 is 0 Å². The monoisotopic (exact) mass is 567 g/mol. The Morgan fingerprint density at radius 3 is 2.38 bits per heavy atom. The largest absolute Gasteiger partial charge is 0.464 e. The molecule has 42 heavy (non-hydrogen) atoms. The number of anilines is 2. The summed E-state index contributed by atoms with van der Waals surface area (Å²) in [5, 5.41) is 7.62. The van der Waals surface area contributed by atoms with Gasteiger partial charge in [-0.25, -0.2) is 19.3 Å². The standard InChI is InChI=1S/C26H31N7O3.C6H6/c1-16-5-7-31(12-16)20-8-17(2)23-29-22(30-33(23)13-20)24(34)28-18-10-26(11-18)14-32(15-26)19-4-6-27-21(9-19)25(35)36-3;1-2-4-6-5-3-1/h4,6,8-9,13,16,18H,5,7,10-12,14-15H2,1-3H3,(H,28,34);1-6H. The highest BCUT2D eigenvalue weighted by Crippen LogP contribution is 2.49. The summed E-state index contributed by atoms with van der Waals surface area (Å²) < 4.78 is 6.51. The number of ether oxygens (including phenoxy) is 1. The fourth-order valence-electron chi connectivity index (χ4n) is 6.33. The molecule has 10 heteroatoms. The molecule has 3 aromatic heterocycles. The zero-order valence-corrected chi connectivity index (χ0v) is 24.4. The molecular weight excluding hydrogens is 530 g/mol. The molecule has 3 aliphatic rings. The van der Waals surface area contributed by atoms with Crippen LogP contribution in [0.3, 0.4) is 0 Å². The quantitative estimate of drug-likeness (QED) is 0.359. The number of amides is 1. The maximum atomic E-state index is 12.9. The van der Waals surface area contributed by atoms with Crippen LogP contribution in [0.4, 0.5) is 11.4 Å². The first-order valence-electron chi connectivity index (χ1n) is 14.5. The number of rotatable bonds is 5. The highest BCUT2D eigenvalue weighted by atomic mass is 16.5. The zero-order chi connectivity index (χ0) is 29.3. The van der Waals surface area contributed by atoms with Crippen molar-refractivity contribution in [3.63, 3.8) is 0 Å². The van der Waals surface area contributed by atoms with Gasteiger partial charge in [-0.1, -0.05) is 43.3 Å². The summed E-state index contributed by atoms with van der Waals surface area (Å²) in [7, 11) is 1.35. The van der Waals surface area contributed by atoms with Gasteiger partial charge in [0.25, 0.3) is 5.91 Å². The fourth-order valence-corrected chi connectivity index (χ4v) is 6.33. The first-order chi connectivity index (χ1) is 20.3. The number of fused-ring (bicyclic) bond motifs is 1. The second kappa shape index (κ2) is 11.4. The van der Waals surface area contributed by atoms with Gasteiger partial charge in [0.1, 0.15) is 5.69 Å². The molecule has 10 nitrogen and oxygen atoms in total. The summed E-state index contributed by atoms with van der Waals surface area (Å²) in [6.07, 6.45) is 6.66. The molecule has 7 rings (SSSR count). The van der Waals surface area contributed by atoms with Gasteiger partial charge in [-0.15, -0.1) is 5.10 Å². The molecule has 1 saturated carbocycles. The van der Waals surface area contributed by atoms with Gasteiger partial charge in [0.2, 0.25) is 5.82 Å². The Balaban J connectivity index is 0.000000470. The summed E-state index contributed by atoms with van der Waals surface area (Å²) in [6, 6.07) is 17.9. The molecule has 2 aliphatic heterocycles. The van der Waals surface area contributed by atoms with E-state index in [1.54, 1.807) is 16.8 Å². The number of nitrogens with one attached hydrogen (secondary N) is 1. The Labute approximate surface area is 245 Å². The van der Waals surface area contributed by atoms with Gasteiger partial charge in [0, 0.05) is 49.5 Å². The predicted octanol–water partition coefficient (Wildman–Crippen LogP) is 4.15. The summed E-state index contributed by atoms with van der Waals surface area (Å²) in [4.78, 5) is 37.9. The van der Waals surface area contributed by atoms with Crippen molar-refractivity contribution < 1.29 is 14.3 Å². The molecule has 218 valence electrons. The van der Waals surface area contributed by atoms with Crippen LogP contribution in [0.1, 0.15) is 52.9 Å². The van der Waals surface area contributed by atoms with Gasteiger partial charge in [0.05, 0.1) is 19.0 Å². The highest BCUT2D eigenvalue weighted by Gasteiger charge is 2.53. The van der Waals surface area contributed by atoms with Crippen LogP contribution in [0.2, 0.25) is 0 Å². The van der Waals surface area contributed by atoms with E-state index >= 15 is 0 Å². The van der Waals surface area contributed by atoms with E-state index in [0.29, 0.717) is 11.6 Å². The third-order valence-electron chi connectivity index (χ3n) is 8.51. The number of esters is 1. The molecule has 1 aromatic carbocycles. The highest BCUT2D eigenvalue weighted by molar-refractivity contribution is 5.91. The van der Waals surface area contributed by atoms with E-state index in [-0.39, 0.29) is 23.2 Å². The van der Waals surface area contributed by atoms with Crippen molar-refractivity contribution in [2.45, 2.75) is 39.2 Å². The smallest absolute Gasteiger partial charge is 0.356 e. The van der Waals surface area contributed by atoms with Crippen LogP contribution in [0.5, 0.6) is 0 Å². The minimum Gasteiger partial charge on any atom is -0.464 e. The minimum absolute atomic E-state index is 0.122. The van der Waals surface area contributed by atoms with E-state index in [1.807, 2.05) is 55.6 Å². The fraction of sp³-hybridized carbons (Fsp3) is 0.406. The normalized spacial score (nSPS) is 19.1. The Morgan fingerprint density at radius 1 is 1.02 bits per heavy atom. The summed E-state index contributed by atoms with van der Waals surface area (Å²) in [5.74, 6) is 0.250. The van der Waals surface area contributed by atoms with E-state index in [2.05, 4.69) is 43.2 Å². The van der Waals surface area contributed by atoms with Gasteiger partial charge in [-0.2, -0.15) is 0 Å². The van der Waals surface area contributed by atoms with Gasteiger partial charge >= 0.3 is 5.97 Å². The van der Waals surface area contributed by atoms with E-state index < -0.39 is 5.97 Å². The van der Waals surface area contributed by atoms with Crippen LogP contribution in [0.25, 0.3) is 5.65 Å². The Morgan fingerprint density at radius 2 is 1.74 bits per heavy atom. The van der Waals surface area contributed by atoms with Crippen LogP contribution in [0, 0.1) is 18.3 Å². The van der Waals surface area contributed by atoms with Crippen LogP contribution in [-0.4, -0.2) is 70.8 Å². The number of carbonyl (C=O) groups excluding carboxylic acids is 2. The average molecular weight is 568 g/mol. The molecule has 0 bridgehead atoms. The number of aryl methyl sites for hydroxylation is 1. The van der Waals surface area contributed by atoms with Crippen molar-refractivity contribution >= 4 is 28.9 Å². The summed E-state index contributed by atoms with van der Waals surface area (Å²) in [6.45, 7) is 8.17. The van der Waals surface area contributed by atoms with E-state index in [9.17, 15) is 9.59 Å². The molecule has 4 aromatic rings. The lowest BCUT2D eigenvalue weighted by Crippen LogP contribution is -2.66.